The smallest absolute Gasteiger partial charge is 0.271 e. The van der Waals surface area contributed by atoms with Crippen LogP contribution >= 0.6 is 0 Å². The highest BCUT2D eigenvalue weighted by atomic mass is 16.2. The first-order valence-corrected chi connectivity index (χ1v) is 9.11. The Bertz CT molecular complexity index is 1060. The van der Waals surface area contributed by atoms with Gasteiger partial charge in [-0.1, -0.05) is 0 Å². The van der Waals surface area contributed by atoms with Crippen molar-refractivity contribution >= 4 is 22.6 Å². The van der Waals surface area contributed by atoms with E-state index in [1.165, 1.54) is 0 Å². The maximum absolute atomic E-state index is 12.3. The van der Waals surface area contributed by atoms with Crippen molar-refractivity contribution in [3.8, 4) is 0 Å². The van der Waals surface area contributed by atoms with E-state index in [0.717, 1.165) is 33.5 Å². The lowest BCUT2D eigenvalue weighted by Crippen LogP contribution is -2.20. The number of pyridine rings is 2. The van der Waals surface area contributed by atoms with Gasteiger partial charge in [0.25, 0.3) is 5.56 Å². The summed E-state index contributed by atoms with van der Waals surface area (Å²) in [5.74, 6) is -0.193. The Morgan fingerprint density at radius 3 is 2.67 bits per heavy atom. The molecule has 7 heteroatoms. The molecule has 0 aliphatic carbocycles. The second-order valence-electron chi connectivity index (χ2n) is 7.15. The Kier molecular flexibility index (Phi) is 5.12. The molecule has 3 aromatic heterocycles. The molecule has 27 heavy (non-hydrogen) atoms. The molecule has 1 amide bonds. The van der Waals surface area contributed by atoms with Gasteiger partial charge in [-0.15, -0.1) is 0 Å². The van der Waals surface area contributed by atoms with E-state index in [1.54, 1.807) is 19.1 Å². The molecule has 142 valence electrons. The zero-order chi connectivity index (χ0) is 19.7. The molecule has 0 aliphatic rings. The third kappa shape index (κ3) is 3.77. The van der Waals surface area contributed by atoms with Gasteiger partial charge in [0.2, 0.25) is 5.91 Å². The second-order valence-corrected chi connectivity index (χ2v) is 7.15. The molecular formula is C20H25N5O2. The Labute approximate surface area is 157 Å². The van der Waals surface area contributed by atoms with Crippen LogP contribution < -0.4 is 10.9 Å². The molecule has 3 rings (SSSR count). The number of hydrogen-bond donors (Lipinski definition) is 2. The normalized spacial score (nSPS) is 11.3. The van der Waals surface area contributed by atoms with E-state index in [2.05, 4.69) is 29.2 Å². The quantitative estimate of drug-likeness (QED) is 0.724. The van der Waals surface area contributed by atoms with Crippen molar-refractivity contribution in [3.05, 3.63) is 51.2 Å². The fraction of sp³-hybridized carbons (Fsp3) is 0.400. The number of H-pyrrole nitrogens is 1. The highest BCUT2D eigenvalue weighted by molar-refractivity contribution is 5.90. The first-order chi connectivity index (χ1) is 12.8. The van der Waals surface area contributed by atoms with Gasteiger partial charge in [-0.2, -0.15) is 5.10 Å². The molecule has 0 bridgehead atoms. The third-order valence-electron chi connectivity index (χ3n) is 4.76. The molecule has 0 fully saturated rings. The molecule has 0 saturated heterocycles. The van der Waals surface area contributed by atoms with E-state index in [9.17, 15) is 9.59 Å². The average Bonchev–Trinajstić information content (AvgIpc) is 3.01. The van der Waals surface area contributed by atoms with Crippen LogP contribution in [0.25, 0.3) is 11.0 Å². The number of aryl methyl sites for hydroxylation is 3. The number of amides is 1. The standard InChI is InChI=1S/C20H25N5O2/c1-11(2)25-19-16(10-21-25)13(4)15(14(5)23-19)7-9-18(26)24-17-8-6-12(3)22-20(17)27/h6,8,10-11H,7,9H2,1-5H3,(H,22,27)(H,24,26). The maximum Gasteiger partial charge on any atom is 0.271 e. The van der Waals surface area contributed by atoms with Crippen LogP contribution in [0.1, 0.15) is 48.8 Å². The van der Waals surface area contributed by atoms with Gasteiger partial charge in [0.1, 0.15) is 5.69 Å². The van der Waals surface area contributed by atoms with Gasteiger partial charge >= 0.3 is 0 Å². The number of nitrogens with zero attached hydrogens (tertiary/aromatic N) is 3. The number of carbonyl (C=O) groups is 1. The lowest BCUT2D eigenvalue weighted by molar-refractivity contribution is -0.116. The molecule has 0 saturated carbocycles. The highest BCUT2D eigenvalue weighted by Gasteiger charge is 2.16. The molecule has 0 aliphatic heterocycles. The number of rotatable bonds is 5. The van der Waals surface area contributed by atoms with Gasteiger partial charge in [0.05, 0.1) is 6.20 Å². The molecule has 0 spiro atoms. The number of fused-ring (bicyclic) bond motifs is 1. The number of carbonyl (C=O) groups excluding carboxylic acids is 1. The van der Waals surface area contributed by atoms with E-state index in [0.29, 0.717) is 6.42 Å². The Morgan fingerprint density at radius 1 is 1.26 bits per heavy atom. The van der Waals surface area contributed by atoms with E-state index in [-0.39, 0.29) is 29.6 Å². The fourth-order valence-electron chi connectivity index (χ4n) is 3.26. The van der Waals surface area contributed by atoms with Gasteiger partial charge in [0, 0.05) is 29.2 Å². The highest BCUT2D eigenvalue weighted by Crippen LogP contribution is 2.25. The molecule has 0 atom stereocenters. The Morgan fingerprint density at radius 2 is 2.00 bits per heavy atom. The topological polar surface area (TPSA) is 92.7 Å². The first kappa shape index (κ1) is 18.8. The molecule has 2 N–H and O–H groups in total. The van der Waals surface area contributed by atoms with Crippen LogP contribution in [0.5, 0.6) is 0 Å². The summed E-state index contributed by atoms with van der Waals surface area (Å²) in [6.45, 7) is 9.94. The van der Waals surface area contributed by atoms with E-state index >= 15 is 0 Å². The number of aromatic nitrogens is 4. The predicted octanol–water partition coefficient (Wildman–Crippen LogP) is 3.20. The number of anilines is 1. The van der Waals surface area contributed by atoms with E-state index < -0.39 is 0 Å². The van der Waals surface area contributed by atoms with Crippen LogP contribution in [0, 0.1) is 20.8 Å². The van der Waals surface area contributed by atoms with Crippen LogP contribution in [0.15, 0.2) is 23.1 Å². The molecule has 0 radical (unpaired) electrons. The largest absolute Gasteiger partial charge is 0.325 e. The summed E-state index contributed by atoms with van der Waals surface area (Å²) in [6.07, 6.45) is 2.68. The summed E-state index contributed by atoms with van der Waals surface area (Å²) < 4.78 is 1.91. The van der Waals surface area contributed by atoms with E-state index in [1.807, 2.05) is 24.7 Å². The fourth-order valence-corrected chi connectivity index (χ4v) is 3.26. The number of hydrogen-bond acceptors (Lipinski definition) is 4. The number of aromatic amines is 1. The van der Waals surface area contributed by atoms with Crippen LogP contribution in [0.2, 0.25) is 0 Å². The predicted molar refractivity (Wildman–Crippen MR) is 106 cm³/mol. The summed E-state index contributed by atoms with van der Waals surface area (Å²) in [7, 11) is 0. The lowest BCUT2D eigenvalue weighted by atomic mass is 10.0. The van der Waals surface area contributed by atoms with Crippen molar-refractivity contribution in [2.45, 2.75) is 53.5 Å². The first-order valence-electron chi connectivity index (χ1n) is 9.11. The minimum absolute atomic E-state index is 0.193. The number of nitrogens with one attached hydrogen (secondary N) is 2. The van der Waals surface area contributed by atoms with Gasteiger partial charge in [-0.3, -0.25) is 9.59 Å². The Hall–Kier alpha value is -2.96. The van der Waals surface area contributed by atoms with Crippen molar-refractivity contribution < 1.29 is 4.79 Å². The Balaban J connectivity index is 1.78. The van der Waals surface area contributed by atoms with Gasteiger partial charge in [0.15, 0.2) is 5.65 Å². The van der Waals surface area contributed by atoms with Gasteiger partial charge in [-0.25, -0.2) is 9.67 Å². The van der Waals surface area contributed by atoms with Crippen LogP contribution in [-0.2, 0) is 11.2 Å². The van der Waals surface area contributed by atoms with Crippen LogP contribution in [0.3, 0.4) is 0 Å². The van der Waals surface area contributed by atoms with Crippen molar-refractivity contribution in [1.29, 1.82) is 0 Å². The molecule has 3 aromatic rings. The minimum Gasteiger partial charge on any atom is -0.325 e. The third-order valence-corrected chi connectivity index (χ3v) is 4.76. The summed E-state index contributed by atoms with van der Waals surface area (Å²) >= 11 is 0. The summed E-state index contributed by atoms with van der Waals surface area (Å²) in [5.41, 5.74) is 4.67. The van der Waals surface area contributed by atoms with Crippen molar-refractivity contribution in [3.63, 3.8) is 0 Å². The van der Waals surface area contributed by atoms with Crippen LogP contribution in [-0.4, -0.2) is 25.7 Å². The molecule has 7 nitrogen and oxygen atoms in total. The van der Waals surface area contributed by atoms with Crippen molar-refractivity contribution in [2.75, 3.05) is 5.32 Å². The van der Waals surface area contributed by atoms with Gasteiger partial charge < -0.3 is 10.3 Å². The molecule has 0 aromatic carbocycles. The van der Waals surface area contributed by atoms with E-state index in [4.69, 9.17) is 4.98 Å². The zero-order valence-corrected chi connectivity index (χ0v) is 16.4. The monoisotopic (exact) mass is 367 g/mol. The molecule has 3 heterocycles. The summed E-state index contributed by atoms with van der Waals surface area (Å²) in [5, 5.41) is 8.14. The summed E-state index contributed by atoms with van der Waals surface area (Å²) in [6, 6.07) is 3.62. The average molecular weight is 367 g/mol. The van der Waals surface area contributed by atoms with Crippen molar-refractivity contribution in [1.82, 2.24) is 19.7 Å². The van der Waals surface area contributed by atoms with Crippen molar-refractivity contribution in [2.24, 2.45) is 0 Å². The second kappa shape index (κ2) is 7.34. The maximum atomic E-state index is 12.3. The van der Waals surface area contributed by atoms with Crippen LogP contribution in [0.4, 0.5) is 5.69 Å². The minimum atomic E-state index is -0.292. The molecular weight excluding hydrogens is 342 g/mol. The van der Waals surface area contributed by atoms with Gasteiger partial charge in [-0.05, 0) is 64.3 Å². The zero-order valence-electron chi connectivity index (χ0n) is 16.4. The lowest BCUT2D eigenvalue weighted by Gasteiger charge is -2.12. The SMILES string of the molecule is Cc1ccc(NC(=O)CCc2c(C)nc3c(cnn3C(C)C)c2C)c(=O)[nH]1. The molecule has 0 unspecified atom stereocenters. The summed E-state index contributed by atoms with van der Waals surface area (Å²) in [4.78, 5) is 31.6.